The third-order valence-corrected chi connectivity index (χ3v) is 4.63. The largest absolute Gasteiger partial charge is 0.375 e. The Morgan fingerprint density at radius 1 is 1.46 bits per heavy atom. The Kier molecular flexibility index (Phi) is 4.98. The highest BCUT2D eigenvalue weighted by atomic mass is 32.2. The molecule has 0 spiro atoms. The van der Waals surface area contributed by atoms with Crippen LogP contribution in [0.1, 0.15) is 12.1 Å². The molecule has 0 atom stereocenters. The average Bonchev–Trinajstić information content (AvgIpc) is 2.39. The normalized spacial score (nSPS) is 10.6. The van der Waals surface area contributed by atoms with Gasteiger partial charge in [0.15, 0.2) is 5.13 Å². The molecule has 0 bridgehead atoms. The highest BCUT2D eigenvalue weighted by molar-refractivity contribution is 8.01. The van der Waals surface area contributed by atoms with Crippen molar-refractivity contribution in [2.75, 3.05) is 23.5 Å². The van der Waals surface area contributed by atoms with E-state index in [4.69, 9.17) is 5.73 Å². The quantitative estimate of drug-likeness (QED) is 0.628. The first kappa shape index (κ1) is 11.2. The first-order valence-corrected chi connectivity index (χ1v) is 7.28. The summed E-state index contributed by atoms with van der Waals surface area (Å²) in [5.74, 6) is 2.41. The van der Waals surface area contributed by atoms with Crippen LogP contribution in [0.15, 0.2) is 4.21 Å². The summed E-state index contributed by atoms with van der Waals surface area (Å²) in [6.45, 7) is 2.02. The number of nitrogens with two attached hydrogens (primary N) is 1. The summed E-state index contributed by atoms with van der Waals surface area (Å²) >= 11 is 5.36. The smallest absolute Gasteiger partial charge is 0.181 e. The van der Waals surface area contributed by atoms with Crippen LogP contribution in [0.2, 0.25) is 0 Å². The van der Waals surface area contributed by atoms with Gasteiger partial charge in [0.05, 0.1) is 9.90 Å². The summed E-state index contributed by atoms with van der Waals surface area (Å²) in [6.07, 6.45) is 3.39. The zero-order chi connectivity index (χ0) is 9.68. The monoisotopic (exact) mass is 234 g/mol. The van der Waals surface area contributed by atoms with Crippen LogP contribution in [0, 0.1) is 6.92 Å². The maximum absolute atomic E-state index is 5.60. The van der Waals surface area contributed by atoms with Gasteiger partial charge in [0.2, 0.25) is 0 Å². The molecule has 1 aromatic heterocycles. The van der Waals surface area contributed by atoms with E-state index < -0.39 is 0 Å². The summed E-state index contributed by atoms with van der Waals surface area (Å²) in [7, 11) is 0. The number of aromatic nitrogens is 1. The van der Waals surface area contributed by atoms with Gasteiger partial charge in [0.1, 0.15) is 0 Å². The minimum absolute atomic E-state index is 0.685. The molecule has 5 heteroatoms. The lowest BCUT2D eigenvalue weighted by atomic mass is 10.6. The molecular formula is C8H14N2S3. The molecule has 0 unspecified atom stereocenters. The maximum Gasteiger partial charge on any atom is 0.181 e. The van der Waals surface area contributed by atoms with Gasteiger partial charge in [-0.1, -0.05) is 11.3 Å². The molecule has 1 aromatic rings. The number of thiazole rings is 1. The third-order valence-electron chi connectivity index (χ3n) is 1.50. The van der Waals surface area contributed by atoms with Crippen molar-refractivity contribution < 1.29 is 0 Å². The second-order valence-electron chi connectivity index (χ2n) is 2.62. The van der Waals surface area contributed by atoms with Crippen molar-refractivity contribution in [3.05, 3.63) is 5.69 Å². The van der Waals surface area contributed by atoms with E-state index >= 15 is 0 Å². The lowest BCUT2D eigenvalue weighted by molar-refractivity contribution is 1.12. The van der Waals surface area contributed by atoms with E-state index in [1.165, 1.54) is 22.1 Å². The number of nitrogens with zero attached hydrogens (tertiary/aromatic N) is 1. The molecule has 0 aromatic carbocycles. The van der Waals surface area contributed by atoms with E-state index in [1.54, 1.807) is 11.3 Å². The predicted molar refractivity (Wildman–Crippen MR) is 65.0 cm³/mol. The second kappa shape index (κ2) is 5.78. The molecule has 74 valence electrons. The Balaban J connectivity index is 2.32. The van der Waals surface area contributed by atoms with E-state index in [0.29, 0.717) is 5.13 Å². The molecule has 13 heavy (non-hydrogen) atoms. The van der Waals surface area contributed by atoms with E-state index in [1.807, 2.05) is 30.4 Å². The van der Waals surface area contributed by atoms with Crippen LogP contribution in [0.25, 0.3) is 0 Å². The molecule has 0 saturated carbocycles. The number of rotatable bonds is 5. The van der Waals surface area contributed by atoms with Crippen molar-refractivity contribution in [1.29, 1.82) is 0 Å². The predicted octanol–water partition coefficient (Wildman–Crippen LogP) is 2.88. The van der Waals surface area contributed by atoms with Crippen LogP contribution in [-0.2, 0) is 0 Å². The fourth-order valence-corrected chi connectivity index (χ4v) is 3.56. The zero-order valence-electron chi connectivity index (χ0n) is 7.87. The van der Waals surface area contributed by atoms with Gasteiger partial charge in [-0.05, 0) is 31.1 Å². The Bertz CT molecular complexity index is 260. The Labute approximate surface area is 91.7 Å². The number of aryl methyl sites for hydroxylation is 1. The van der Waals surface area contributed by atoms with Crippen molar-refractivity contribution in [1.82, 2.24) is 4.98 Å². The topological polar surface area (TPSA) is 38.9 Å². The summed E-state index contributed by atoms with van der Waals surface area (Å²) in [6, 6.07) is 0. The number of anilines is 1. The molecule has 0 amide bonds. The van der Waals surface area contributed by atoms with Gasteiger partial charge < -0.3 is 5.73 Å². The standard InChI is InChI=1S/C8H14N2S3/c1-6-7(13-8(9)10-6)12-5-3-4-11-2/h3-5H2,1-2H3,(H2,9,10). The fraction of sp³-hybridized carbons (Fsp3) is 0.625. The summed E-state index contributed by atoms with van der Waals surface area (Å²) in [5, 5.41) is 0.685. The lowest BCUT2D eigenvalue weighted by Gasteiger charge is -1.97. The average molecular weight is 234 g/mol. The van der Waals surface area contributed by atoms with Gasteiger partial charge in [-0.2, -0.15) is 11.8 Å². The van der Waals surface area contributed by atoms with E-state index in [9.17, 15) is 0 Å². The molecule has 1 heterocycles. The zero-order valence-corrected chi connectivity index (χ0v) is 10.3. The van der Waals surface area contributed by atoms with E-state index in [2.05, 4.69) is 11.2 Å². The van der Waals surface area contributed by atoms with Gasteiger partial charge in [0.25, 0.3) is 0 Å². The van der Waals surface area contributed by atoms with Crippen molar-refractivity contribution in [2.24, 2.45) is 0 Å². The molecule has 0 aliphatic heterocycles. The van der Waals surface area contributed by atoms with Gasteiger partial charge >= 0.3 is 0 Å². The molecule has 0 aliphatic carbocycles. The van der Waals surface area contributed by atoms with Crippen molar-refractivity contribution in [2.45, 2.75) is 17.6 Å². The van der Waals surface area contributed by atoms with Crippen LogP contribution >= 0.6 is 34.9 Å². The van der Waals surface area contributed by atoms with Gasteiger partial charge in [-0.15, -0.1) is 11.8 Å². The van der Waals surface area contributed by atoms with Crippen LogP contribution < -0.4 is 5.73 Å². The number of thioether (sulfide) groups is 2. The van der Waals surface area contributed by atoms with Gasteiger partial charge in [-0.3, -0.25) is 0 Å². The van der Waals surface area contributed by atoms with E-state index in [-0.39, 0.29) is 0 Å². The molecule has 0 fully saturated rings. The van der Waals surface area contributed by atoms with Crippen molar-refractivity contribution in [3.8, 4) is 0 Å². The highest BCUT2D eigenvalue weighted by Crippen LogP contribution is 2.30. The highest BCUT2D eigenvalue weighted by Gasteiger charge is 2.04. The SMILES string of the molecule is CSCCCSc1sc(N)nc1C. The summed E-state index contributed by atoms with van der Waals surface area (Å²) in [5.41, 5.74) is 6.68. The molecule has 0 aliphatic rings. The van der Waals surface area contributed by atoms with Crippen LogP contribution in [0.5, 0.6) is 0 Å². The molecular weight excluding hydrogens is 220 g/mol. The van der Waals surface area contributed by atoms with E-state index in [0.717, 1.165) is 5.69 Å². The number of nitrogen functional groups attached to an aromatic ring is 1. The first-order valence-electron chi connectivity index (χ1n) is 4.08. The second-order valence-corrected chi connectivity index (χ2v) is 6.00. The fourth-order valence-electron chi connectivity index (χ4n) is 0.905. The lowest BCUT2D eigenvalue weighted by Crippen LogP contribution is -1.83. The Morgan fingerprint density at radius 3 is 2.77 bits per heavy atom. The minimum atomic E-state index is 0.685. The van der Waals surface area contributed by atoms with Crippen LogP contribution in [-0.4, -0.2) is 22.7 Å². The van der Waals surface area contributed by atoms with Gasteiger partial charge in [-0.25, -0.2) is 4.98 Å². The van der Waals surface area contributed by atoms with Crippen molar-refractivity contribution in [3.63, 3.8) is 0 Å². The molecule has 2 nitrogen and oxygen atoms in total. The molecule has 0 saturated heterocycles. The Morgan fingerprint density at radius 2 is 2.23 bits per heavy atom. The van der Waals surface area contributed by atoms with Crippen LogP contribution in [0.3, 0.4) is 0 Å². The number of hydrogen-bond donors (Lipinski definition) is 1. The first-order chi connectivity index (χ1) is 6.24. The summed E-state index contributed by atoms with van der Waals surface area (Å²) in [4.78, 5) is 4.18. The summed E-state index contributed by atoms with van der Waals surface area (Å²) < 4.78 is 1.28. The van der Waals surface area contributed by atoms with Crippen molar-refractivity contribution >= 4 is 40.0 Å². The number of hydrogen-bond acceptors (Lipinski definition) is 5. The molecule has 2 N–H and O–H groups in total. The van der Waals surface area contributed by atoms with Gasteiger partial charge in [0, 0.05) is 0 Å². The maximum atomic E-state index is 5.60. The minimum Gasteiger partial charge on any atom is -0.375 e. The third kappa shape index (κ3) is 3.79. The Hall–Kier alpha value is 0.130. The van der Waals surface area contributed by atoms with Crippen LogP contribution in [0.4, 0.5) is 5.13 Å². The molecule has 1 rings (SSSR count). The molecule has 0 radical (unpaired) electrons.